The van der Waals surface area contributed by atoms with Gasteiger partial charge in [-0.15, -0.1) is 0 Å². The summed E-state index contributed by atoms with van der Waals surface area (Å²) < 4.78 is 15.1. The van der Waals surface area contributed by atoms with Gasteiger partial charge in [0.2, 0.25) is 0 Å². The first-order valence-electron chi connectivity index (χ1n) is 8.04. The number of nitro groups is 1. The third-order valence-electron chi connectivity index (χ3n) is 4.33. The number of aldehydes is 1. The number of anilines is 1. The van der Waals surface area contributed by atoms with Gasteiger partial charge in [0, 0.05) is 22.0 Å². The van der Waals surface area contributed by atoms with Crippen LogP contribution in [0.2, 0.25) is 5.02 Å². The smallest absolute Gasteiger partial charge is 0.292 e. The summed E-state index contributed by atoms with van der Waals surface area (Å²) in [7, 11) is 0. The summed E-state index contributed by atoms with van der Waals surface area (Å²) in [6.07, 6.45) is 2.50. The van der Waals surface area contributed by atoms with E-state index in [0.717, 1.165) is 12.8 Å². The van der Waals surface area contributed by atoms with Gasteiger partial charge in [0.05, 0.1) is 11.0 Å². The number of carbonyl (C=O) groups excluding carboxylic acids is 1. The summed E-state index contributed by atoms with van der Waals surface area (Å²) in [6.45, 7) is 0. The SMILES string of the molecule is O=CC[C@@H](Nc1cc(Cl)ccc1[N+](=O)[O-])c1c(Br)ccc(F)c1C1CC1. The van der Waals surface area contributed by atoms with Crippen molar-refractivity contribution in [2.24, 2.45) is 0 Å². The molecule has 0 spiro atoms. The molecule has 8 heteroatoms. The molecule has 0 amide bonds. The molecule has 136 valence electrons. The van der Waals surface area contributed by atoms with E-state index >= 15 is 0 Å². The number of nitro benzene ring substituents is 1. The van der Waals surface area contributed by atoms with Gasteiger partial charge in [0.1, 0.15) is 17.8 Å². The minimum absolute atomic E-state index is 0.0332. The molecule has 1 atom stereocenters. The molecule has 3 rings (SSSR count). The zero-order valence-corrected chi connectivity index (χ0v) is 15.9. The van der Waals surface area contributed by atoms with Gasteiger partial charge in [0.25, 0.3) is 5.69 Å². The molecule has 0 heterocycles. The number of hydrogen-bond acceptors (Lipinski definition) is 4. The predicted molar refractivity (Wildman–Crippen MR) is 101 cm³/mol. The van der Waals surface area contributed by atoms with Gasteiger partial charge >= 0.3 is 0 Å². The van der Waals surface area contributed by atoms with E-state index in [9.17, 15) is 19.3 Å². The van der Waals surface area contributed by atoms with Crippen LogP contribution >= 0.6 is 27.5 Å². The molecule has 1 aliphatic rings. The maximum absolute atomic E-state index is 14.5. The molecule has 0 aliphatic heterocycles. The average molecular weight is 442 g/mol. The maximum atomic E-state index is 14.5. The number of benzene rings is 2. The Hall–Kier alpha value is -1.99. The summed E-state index contributed by atoms with van der Waals surface area (Å²) in [5.41, 5.74) is 1.20. The highest BCUT2D eigenvalue weighted by Crippen LogP contribution is 2.47. The molecule has 1 N–H and O–H groups in total. The highest BCUT2D eigenvalue weighted by Gasteiger charge is 2.33. The largest absolute Gasteiger partial charge is 0.372 e. The summed E-state index contributed by atoms with van der Waals surface area (Å²) in [5, 5.41) is 14.6. The van der Waals surface area contributed by atoms with Crippen molar-refractivity contribution in [3.8, 4) is 0 Å². The Morgan fingerprint density at radius 3 is 2.73 bits per heavy atom. The van der Waals surface area contributed by atoms with E-state index in [-0.39, 0.29) is 29.5 Å². The summed E-state index contributed by atoms with van der Waals surface area (Å²) in [4.78, 5) is 22.0. The fraction of sp³-hybridized carbons (Fsp3) is 0.278. The summed E-state index contributed by atoms with van der Waals surface area (Å²) in [5.74, 6) is -0.225. The van der Waals surface area contributed by atoms with Crippen molar-refractivity contribution in [3.63, 3.8) is 0 Å². The molecular formula is C18H15BrClFN2O3. The van der Waals surface area contributed by atoms with Gasteiger partial charge in [0.15, 0.2) is 0 Å². The average Bonchev–Trinajstić information content (AvgIpc) is 3.41. The van der Waals surface area contributed by atoms with Crippen molar-refractivity contribution in [1.82, 2.24) is 0 Å². The van der Waals surface area contributed by atoms with Crippen LogP contribution in [0.5, 0.6) is 0 Å². The van der Waals surface area contributed by atoms with E-state index in [0.29, 0.717) is 26.9 Å². The Kier molecular flexibility index (Phi) is 5.58. The fourth-order valence-corrected chi connectivity index (χ4v) is 3.83. The predicted octanol–water partition coefficient (Wildman–Crippen LogP) is 5.77. The second-order valence-corrected chi connectivity index (χ2v) is 7.44. The lowest BCUT2D eigenvalue weighted by Crippen LogP contribution is -2.16. The standard InChI is InChI=1S/C18H15BrClFN2O3/c19-12-4-5-13(21)17(10-1-2-10)18(12)14(7-8-24)22-15-9-11(20)3-6-16(15)23(25)26/h3-6,8-10,14,22H,1-2,7H2/t14-/m1/s1. The lowest BCUT2D eigenvalue weighted by Gasteiger charge is -2.23. The molecule has 1 aliphatic carbocycles. The molecule has 2 aromatic carbocycles. The lowest BCUT2D eigenvalue weighted by molar-refractivity contribution is -0.384. The number of nitrogens with one attached hydrogen (secondary N) is 1. The van der Waals surface area contributed by atoms with E-state index < -0.39 is 11.0 Å². The van der Waals surface area contributed by atoms with Crippen molar-refractivity contribution < 1.29 is 14.1 Å². The van der Waals surface area contributed by atoms with Crippen LogP contribution in [-0.4, -0.2) is 11.2 Å². The Morgan fingerprint density at radius 1 is 1.38 bits per heavy atom. The Morgan fingerprint density at radius 2 is 2.12 bits per heavy atom. The highest BCUT2D eigenvalue weighted by atomic mass is 79.9. The van der Waals surface area contributed by atoms with Crippen LogP contribution in [0.3, 0.4) is 0 Å². The molecule has 26 heavy (non-hydrogen) atoms. The molecule has 0 saturated heterocycles. The van der Waals surface area contributed by atoms with Gasteiger partial charge in [-0.05, 0) is 54.2 Å². The minimum atomic E-state index is -0.620. The zero-order valence-electron chi connectivity index (χ0n) is 13.5. The van der Waals surface area contributed by atoms with E-state index in [1.54, 1.807) is 6.07 Å². The molecule has 0 aromatic heterocycles. The Bertz CT molecular complexity index is 874. The topological polar surface area (TPSA) is 72.2 Å². The van der Waals surface area contributed by atoms with Crippen LogP contribution in [0, 0.1) is 15.9 Å². The molecule has 0 radical (unpaired) electrons. The number of hydrogen-bond donors (Lipinski definition) is 1. The quantitative estimate of drug-likeness (QED) is 0.336. The second kappa shape index (κ2) is 7.72. The van der Waals surface area contributed by atoms with Crippen LogP contribution in [0.4, 0.5) is 15.8 Å². The summed E-state index contributed by atoms with van der Waals surface area (Å²) in [6, 6.07) is 6.51. The van der Waals surface area contributed by atoms with E-state index in [1.807, 2.05) is 0 Å². The zero-order chi connectivity index (χ0) is 18.8. The number of nitrogens with zero attached hydrogens (tertiary/aromatic N) is 1. The van der Waals surface area contributed by atoms with Crippen molar-refractivity contribution in [1.29, 1.82) is 0 Å². The first-order valence-corrected chi connectivity index (χ1v) is 9.21. The molecule has 5 nitrogen and oxygen atoms in total. The molecule has 1 saturated carbocycles. The maximum Gasteiger partial charge on any atom is 0.292 e. The van der Waals surface area contributed by atoms with Crippen LogP contribution < -0.4 is 5.32 Å². The van der Waals surface area contributed by atoms with Crippen LogP contribution in [0.25, 0.3) is 0 Å². The monoisotopic (exact) mass is 440 g/mol. The third kappa shape index (κ3) is 3.88. The highest BCUT2D eigenvalue weighted by molar-refractivity contribution is 9.10. The van der Waals surface area contributed by atoms with Crippen molar-refractivity contribution in [2.75, 3.05) is 5.32 Å². The van der Waals surface area contributed by atoms with Crippen molar-refractivity contribution in [3.05, 3.63) is 66.9 Å². The van der Waals surface area contributed by atoms with E-state index in [1.165, 1.54) is 24.3 Å². The van der Waals surface area contributed by atoms with Gasteiger partial charge < -0.3 is 10.1 Å². The van der Waals surface area contributed by atoms with Gasteiger partial charge in [-0.2, -0.15) is 0 Å². The number of rotatable bonds is 7. The van der Waals surface area contributed by atoms with Crippen molar-refractivity contribution >= 4 is 45.2 Å². The molecular weight excluding hydrogens is 427 g/mol. The first kappa shape index (κ1) is 18.8. The third-order valence-corrected chi connectivity index (χ3v) is 5.26. The lowest BCUT2D eigenvalue weighted by atomic mass is 9.94. The first-order chi connectivity index (χ1) is 12.4. The van der Waals surface area contributed by atoms with Gasteiger partial charge in [-0.1, -0.05) is 27.5 Å². The number of carbonyl (C=O) groups is 1. The van der Waals surface area contributed by atoms with Crippen LogP contribution in [0.1, 0.15) is 42.3 Å². The second-order valence-electron chi connectivity index (χ2n) is 6.15. The Balaban J connectivity index is 2.07. The van der Waals surface area contributed by atoms with E-state index in [4.69, 9.17) is 11.6 Å². The van der Waals surface area contributed by atoms with Gasteiger partial charge in [-0.3, -0.25) is 10.1 Å². The van der Waals surface area contributed by atoms with Gasteiger partial charge in [-0.25, -0.2) is 4.39 Å². The molecule has 0 unspecified atom stereocenters. The normalized spacial score (nSPS) is 14.7. The minimum Gasteiger partial charge on any atom is -0.372 e. The molecule has 0 bridgehead atoms. The van der Waals surface area contributed by atoms with E-state index in [2.05, 4.69) is 21.2 Å². The Labute approximate surface area is 162 Å². The number of halogens is 3. The molecule has 2 aromatic rings. The van der Waals surface area contributed by atoms with Crippen LogP contribution in [0.15, 0.2) is 34.8 Å². The summed E-state index contributed by atoms with van der Waals surface area (Å²) >= 11 is 9.42. The fourth-order valence-electron chi connectivity index (χ4n) is 3.04. The molecule has 1 fully saturated rings. The van der Waals surface area contributed by atoms with Crippen LogP contribution in [-0.2, 0) is 4.79 Å². The van der Waals surface area contributed by atoms with Crippen molar-refractivity contribution in [2.45, 2.75) is 31.2 Å².